The van der Waals surface area contributed by atoms with Crippen molar-refractivity contribution in [3.8, 4) is 0 Å². The number of amides is 2. The lowest BCUT2D eigenvalue weighted by molar-refractivity contribution is -0.126. The highest BCUT2D eigenvalue weighted by molar-refractivity contribution is 5.85. The minimum Gasteiger partial charge on any atom is -0.412 e. The molecule has 0 aromatic heterocycles. The smallest absolute Gasteiger partial charge is 0.220 e. The normalized spacial score (nSPS) is 16.8. The first kappa shape index (κ1) is 14.7. The van der Waals surface area contributed by atoms with Crippen molar-refractivity contribution in [3.63, 3.8) is 0 Å². The molecule has 0 aromatic carbocycles. The molecule has 1 rings (SSSR count). The van der Waals surface area contributed by atoms with Gasteiger partial charge in [-0.25, -0.2) is 0 Å². The zero-order valence-electron chi connectivity index (χ0n) is 7.23. The Hall–Kier alpha value is -0.810. The van der Waals surface area contributed by atoms with Crippen LogP contribution < -0.4 is 5.73 Å². The van der Waals surface area contributed by atoms with Crippen LogP contribution in [0.5, 0.6) is 0 Å². The summed E-state index contributed by atoms with van der Waals surface area (Å²) in [7, 11) is 0. The molecule has 0 atom stereocenters. The number of halogens is 1. The molecule has 0 spiro atoms. The van der Waals surface area contributed by atoms with Gasteiger partial charge < -0.3 is 16.1 Å². The first-order valence-corrected chi connectivity index (χ1v) is 3.72. The summed E-state index contributed by atoms with van der Waals surface area (Å²) in [5, 5.41) is 0. The lowest BCUT2D eigenvalue weighted by atomic mass is 9.97. The average molecular weight is 211 g/mol. The standard InChI is InChI=1S/C7H12N2O2.ClH.H2O/c8-7(11)6-1-3-9(5-10)4-2-6;;/h5-6H,1-4H2,(H2,8,11);1H;1H2. The lowest BCUT2D eigenvalue weighted by Crippen LogP contribution is -2.37. The first-order valence-electron chi connectivity index (χ1n) is 3.72. The summed E-state index contributed by atoms with van der Waals surface area (Å²) in [4.78, 5) is 22.6. The van der Waals surface area contributed by atoms with Crippen LogP contribution in [0.3, 0.4) is 0 Å². The molecule has 0 aliphatic carbocycles. The molecule has 5 nitrogen and oxygen atoms in total. The summed E-state index contributed by atoms with van der Waals surface area (Å²) in [6.45, 7) is 1.33. The van der Waals surface area contributed by atoms with Gasteiger partial charge in [-0.1, -0.05) is 0 Å². The summed E-state index contributed by atoms with van der Waals surface area (Å²) >= 11 is 0. The Bertz CT molecular complexity index is 169. The zero-order valence-corrected chi connectivity index (χ0v) is 8.05. The highest BCUT2D eigenvalue weighted by atomic mass is 35.5. The number of hydrogen-bond donors (Lipinski definition) is 1. The molecule has 0 aromatic rings. The van der Waals surface area contributed by atoms with E-state index in [9.17, 15) is 9.59 Å². The minimum atomic E-state index is -0.240. The van der Waals surface area contributed by atoms with Gasteiger partial charge in [-0.15, -0.1) is 12.4 Å². The highest BCUT2D eigenvalue weighted by Crippen LogP contribution is 2.14. The van der Waals surface area contributed by atoms with E-state index < -0.39 is 0 Å². The largest absolute Gasteiger partial charge is 0.412 e. The molecule has 0 bridgehead atoms. The maximum Gasteiger partial charge on any atom is 0.220 e. The number of primary amides is 1. The monoisotopic (exact) mass is 210 g/mol. The van der Waals surface area contributed by atoms with Crippen molar-refractivity contribution >= 4 is 24.7 Å². The van der Waals surface area contributed by atoms with Gasteiger partial charge in [0.15, 0.2) is 0 Å². The first-order chi connectivity index (χ1) is 5.24. The molecule has 0 saturated carbocycles. The van der Waals surface area contributed by atoms with Gasteiger partial charge >= 0.3 is 0 Å². The highest BCUT2D eigenvalue weighted by Gasteiger charge is 2.21. The van der Waals surface area contributed by atoms with E-state index in [1.54, 1.807) is 4.90 Å². The maximum absolute atomic E-state index is 10.7. The fourth-order valence-corrected chi connectivity index (χ4v) is 1.29. The number of rotatable bonds is 2. The van der Waals surface area contributed by atoms with Crippen LogP contribution in [0.25, 0.3) is 0 Å². The van der Waals surface area contributed by atoms with Crippen molar-refractivity contribution < 1.29 is 15.1 Å². The molecule has 4 N–H and O–H groups in total. The molecule has 13 heavy (non-hydrogen) atoms. The Kier molecular flexibility index (Phi) is 7.55. The molecule has 1 aliphatic rings. The summed E-state index contributed by atoms with van der Waals surface area (Å²) in [5.41, 5.74) is 5.11. The SMILES string of the molecule is Cl.NC(=O)C1CCN(C=O)CC1.O. The summed E-state index contributed by atoms with van der Waals surface area (Å²) in [6.07, 6.45) is 2.25. The molecule has 1 aliphatic heterocycles. The average Bonchev–Trinajstić information content (AvgIpc) is 2.05. The summed E-state index contributed by atoms with van der Waals surface area (Å²) in [6, 6.07) is 0. The van der Waals surface area contributed by atoms with Gasteiger partial charge in [-0.2, -0.15) is 0 Å². The topological polar surface area (TPSA) is 94.9 Å². The molecule has 0 unspecified atom stereocenters. The van der Waals surface area contributed by atoms with Crippen LogP contribution in [0.1, 0.15) is 12.8 Å². The second-order valence-electron chi connectivity index (χ2n) is 2.82. The predicted octanol–water partition coefficient (Wildman–Crippen LogP) is -1.06. The second kappa shape index (κ2) is 6.68. The van der Waals surface area contributed by atoms with Crippen LogP contribution in [0, 0.1) is 5.92 Å². The third-order valence-electron chi connectivity index (χ3n) is 2.08. The number of hydrogen-bond acceptors (Lipinski definition) is 2. The Morgan fingerprint density at radius 3 is 2.15 bits per heavy atom. The van der Waals surface area contributed by atoms with Crippen LogP contribution in [0.4, 0.5) is 0 Å². The van der Waals surface area contributed by atoms with E-state index in [1.807, 2.05) is 0 Å². The van der Waals surface area contributed by atoms with Crippen LogP contribution >= 0.6 is 12.4 Å². The van der Waals surface area contributed by atoms with Gasteiger partial charge in [0.05, 0.1) is 0 Å². The molecular weight excluding hydrogens is 196 g/mol. The fraction of sp³-hybridized carbons (Fsp3) is 0.714. The van der Waals surface area contributed by atoms with Gasteiger partial charge in [-0.05, 0) is 12.8 Å². The quantitative estimate of drug-likeness (QED) is 0.588. The lowest BCUT2D eigenvalue weighted by Gasteiger charge is -2.26. The number of likely N-dealkylation sites (tertiary alicyclic amines) is 1. The Morgan fingerprint density at radius 1 is 1.38 bits per heavy atom. The van der Waals surface area contributed by atoms with E-state index >= 15 is 0 Å². The van der Waals surface area contributed by atoms with E-state index in [0.717, 1.165) is 6.41 Å². The number of piperidine rings is 1. The van der Waals surface area contributed by atoms with Crippen LogP contribution in [-0.4, -0.2) is 35.8 Å². The Morgan fingerprint density at radius 2 is 1.85 bits per heavy atom. The molecule has 1 fully saturated rings. The molecule has 2 amide bonds. The minimum absolute atomic E-state index is 0. The second-order valence-corrected chi connectivity index (χ2v) is 2.82. The van der Waals surface area contributed by atoms with Crippen molar-refractivity contribution in [1.82, 2.24) is 4.90 Å². The van der Waals surface area contributed by atoms with E-state index in [1.165, 1.54) is 0 Å². The van der Waals surface area contributed by atoms with Crippen molar-refractivity contribution in [1.29, 1.82) is 0 Å². The van der Waals surface area contributed by atoms with Crippen LogP contribution in [0.15, 0.2) is 0 Å². The van der Waals surface area contributed by atoms with Crippen molar-refractivity contribution in [3.05, 3.63) is 0 Å². The van der Waals surface area contributed by atoms with E-state index in [2.05, 4.69) is 0 Å². The number of nitrogens with zero attached hydrogens (tertiary/aromatic N) is 1. The molecule has 78 valence electrons. The summed E-state index contributed by atoms with van der Waals surface area (Å²) in [5.74, 6) is -0.262. The van der Waals surface area contributed by atoms with Gasteiger partial charge in [-0.3, -0.25) is 9.59 Å². The van der Waals surface area contributed by atoms with Gasteiger partial charge in [0.1, 0.15) is 0 Å². The van der Waals surface area contributed by atoms with Crippen LogP contribution in [0.2, 0.25) is 0 Å². The van der Waals surface area contributed by atoms with Gasteiger partial charge in [0.25, 0.3) is 0 Å². The summed E-state index contributed by atoms with van der Waals surface area (Å²) < 4.78 is 0. The number of nitrogens with two attached hydrogens (primary N) is 1. The van der Waals surface area contributed by atoms with Crippen LogP contribution in [-0.2, 0) is 9.59 Å². The van der Waals surface area contributed by atoms with Gasteiger partial charge in [0, 0.05) is 19.0 Å². The molecular formula is C7H15ClN2O3. The van der Waals surface area contributed by atoms with Crippen molar-refractivity contribution in [2.45, 2.75) is 12.8 Å². The van der Waals surface area contributed by atoms with Crippen molar-refractivity contribution in [2.75, 3.05) is 13.1 Å². The molecule has 1 heterocycles. The van der Waals surface area contributed by atoms with E-state index in [0.29, 0.717) is 25.9 Å². The predicted molar refractivity (Wildman–Crippen MR) is 50.4 cm³/mol. The molecule has 1 saturated heterocycles. The third kappa shape index (κ3) is 4.10. The third-order valence-corrected chi connectivity index (χ3v) is 2.08. The van der Waals surface area contributed by atoms with Crippen molar-refractivity contribution in [2.24, 2.45) is 11.7 Å². The molecule has 6 heteroatoms. The maximum atomic E-state index is 10.7. The molecule has 0 radical (unpaired) electrons. The zero-order chi connectivity index (χ0) is 8.27. The Balaban J connectivity index is 0. The Labute approximate surface area is 83.0 Å². The van der Waals surface area contributed by atoms with E-state index in [4.69, 9.17) is 5.73 Å². The number of carbonyl (C=O) groups excluding carboxylic acids is 2. The van der Waals surface area contributed by atoms with E-state index in [-0.39, 0.29) is 29.7 Å². The number of carbonyl (C=O) groups is 2. The van der Waals surface area contributed by atoms with Gasteiger partial charge in [0.2, 0.25) is 12.3 Å². The fourth-order valence-electron chi connectivity index (χ4n) is 1.29.